The highest BCUT2D eigenvalue weighted by Crippen LogP contribution is 2.28. The molecule has 2 aromatic carbocycles. The molecule has 10 heteroatoms. The van der Waals surface area contributed by atoms with Gasteiger partial charge < -0.3 is 5.32 Å². The van der Waals surface area contributed by atoms with Gasteiger partial charge in [0, 0.05) is 40.2 Å². The van der Waals surface area contributed by atoms with E-state index in [9.17, 15) is 13.2 Å². The summed E-state index contributed by atoms with van der Waals surface area (Å²) < 4.78 is 25.9. The Morgan fingerprint density at radius 3 is 2.29 bits per heavy atom. The van der Waals surface area contributed by atoms with Crippen LogP contribution in [0.25, 0.3) is 0 Å². The van der Waals surface area contributed by atoms with Crippen molar-refractivity contribution in [2.45, 2.75) is 10.6 Å². The summed E-state index contributed by atoms with van der Waals surface area (Å²) in [6, 6.07) is 11.1. The first-order valence-electron chi connectivity index (χ1n) is 8.21. The van der Waals surface area contributed by atoms with Crippen molar-refractivity contribution in [1.82, 2.24) is 9.62 Å². The summed E-state index contributed by atoms with van der Waals surface area (Å²) in [5.74, 6) is 0.886. The topological polar surface area (TPSA) is 66.5 Å². The highest BCUT2D eigenvalue weighted by molar-refractivity contribution is 7.98. The molecule has 152 valence electrons. The van der Waals surface area contributed by atoms with E-state index in [4.69, 9.17) is 34.8 Å². The number of likely N-dealkylation sites (N-methyl/N-ethyl adjacent to an activating group) is 1. The number of hydrogen-bond donors (Lipinski definition) is 1. The Morgan fingerprint density at radius 1 is 1.07 bits per heavy atom. The van der Waals surface area contributed by atoms with Gasteiger partial charge >= 0.3 is 0 Å². The summed E-state index contributed by atoms with van der Waals surface area (Å²) in [5, 5.41) is 4.37. The first kappa shape index (κ1) is 23.3. The van der Waals surface area contributed by atoms with Crippen LogP contribution in [-0.2, 0) is 20.6 Å². The van der Waals surface area contributed by atoms with E-state index in [1.54, 1.807) is 30.0 Å². The van der Waals surface area contributed by atoms with E-state index in [1.165, 1.54) is 31.3 Å². The number of thioether (sulfide) groups is 1. The van der Waals surface area contributed by atoms with E-state index in [0.29, 0.717) is 33.1 Å². The van der Waals surface area contributed by atoms with Crippen molar-refractivity contribution in [3.05, 3.63) is 63.1 Å². The van der Waals surface area contributed by atoms with E-state index in [2.05, 4.69) is 5.32 Å². The zero-order valence-corrected chi connectivity index (χ0v) is 18.9. The lowest BCUT2D eigenvalue weighted by Crippen LogP contribution is -2.39. The number of halogens is 3. The van der Waals surface area contributed by atoms with Gasteiger partial charge in [0.1, 0.15) is 0 Å². The third kappa shape index (κ3) is 6.54. The van der Waals surface area contributed by atoms with Crippen molar-refractivity contribution >= 4 is 62.5 Å². The number of carbonyl (C=O) groups is 1. The Morgan fingerprint density at radius 2 is 1.68 bits per heavy atom. The van der Waals surface area contributed by atoms with Crippen LogP contribution in [0.4, 0.5) is 0 Å². The van der Waals surface area contributed by atoms with Gasteiger partial charge in [-0.3, -0.25) is 4.79 Å². The quantitative estimate of drug-likeness (QED) is 0.542. The average Bonchev–Trinajstić information content (AvgIpc) is 2.64. The molecule has 2 rings (SSSR count). The fourth-order valence-electron chi connectivity index (χ4n) is 2.24. The zero-order valence-electron chi connectivity index (χ0n) is 15.0. The fourth-order valence-corrected chi connectivity index (χ4v) is 5.09. The predicted molar refractivity (Wildman–Crippen MR) is 117 cm³/mol. The van der Waals surface area contributed by atoms with E-state index in [1.807, 2.05) is 0 Å². The Labute approximate surface area is 184 Å². The molecule has 0 bridgehead atoms. The van der Waals surface area contributed by atoms with Crippen LogP contribution in [0.2, 0.25) is 15.1 Å². The average molecular weight is 482 g/mol. The van der Waals surface area contributed by atoms with Crippen molar-refractivity contribution in [2.24, 2.45) is 0 Å². The number of nitrogens with one attached hydrogen (secondary N) is 1. The molecular formula is C18H19Cl3N2O3S2. The van der Waals surface area contributed by atoms with Gasteiger partial charge in [0.25, 0.3) is 0 Å². The molecule has 0 spiro atoms. The Hall–Kier alpha value is -0.960. The summed E-state index contributed by atoms with van der Waals surface area (Å²) in [7, 11) is -2.39. The van der Waals surface area contributed by atoms with Crippen LogP contribution in [0.15, 0.2) is 47.4 Å². The number of amides is 1. The first-order chi connectivity index (χ1) is 13.2. The van der Waals surface area contributed by atoms with Gasteiger partial charge in [0.05, 0.1) is 11.4 Å². The number of carbonyl (C=O) groups excluding carboxylic acids is 1. The molecule has 0 aliphatic heterocycles. The number of rotatable bonds is 9. The normalized spacial score (nSPS) is 11.6. The Kier molecular flexibility index (Phi) is 8.92. The van der Waals surface area contributed by atoms with Crippen LogP contribution in [0.3, 0.4) is 0 Å². The molecule has 28 heavy (non-hydrogen) atoms. The van der Waals surface area contributed by atoms with Crippen LogP contribution >= 0.6 is 46.6 Å². The van der Waals surface area contributed by atoms with Crippen LogP contribution in [0.1, 0.15) is 5.56 Å². The molecular weight excluding hydrogens is 463 g/mol. The second-order valence-electron chi connectivity index (χ2n) is 5.82. The standard InChI is InChI=1S/C18H19Cl3N2O3S2/c1-23(28(25,26)14-7-5-13(19)6-8-14)11-18(24)22-9-10-27-12-15-16(20)3-2-4-17(15)21/h2-8H,9-12H2,1H3,(H,22,24). The minimum atomic E-state index is -3.75. The second kappa shape index (κ2) is 10.7. The molecule has 0 aliphatic carbocycles. The van der Waals surface area contributed by atoms with Gasteiger partial charge in [0.15, 0.2) is 0 Å². The summed E-state index contributed by atoms with van der Waals surface area (Å²) >= 11 is 19.6. The Balaban J connectivity index is 1.77. The van der Waals surface area contributed by atoms with Crippen LogP contribution in [0.5, 0.6) is 0 Å². The highest BCUT2D eigenvalue weighted by Gasteiger charge is 2.22. The smallest absolute Gasteiger partial charge is 0.243 e. The van der Waals surface area contributed by atoms with Crippen molar-refractivity contribution in [3.63, 3.8) is 0 Å². The molecule has 2 aromatic rings. The lowest BCUT2D eigenvalue weighted by Gasteiger charge is -2.17. The van der Waals surface area contributed by atoms with Gasteiger partial charge in [0.2, 0.25) is 15.9 Å². The number of nitrogens with zero attached hydrogens (tertiary/aromatic N) is 1. The third-order valence-electron chi connectivity index (χ3n) is 3.76. The lowest BCUT2D eigenvalue weighted by atomic mass is 10.2. The van der Waals surface area contributed by atoms with Crippen molar-refractivity contribution in [1.29, 1.82) is 0 Å². The molecule has 5 nitrogen and oxygen atoms in total. The summed E-state index contributed by atoms with van der Waals surface area (Å²) in [4.78, 5) is 12.1. The fraction of sp³-hybridized carbons (Fsp3) is 0.278. The molecule has 1 N–H and O–H groups in total. The van der Waals surface area contributed by atoms with E-state index < -0.39 is 10.0 Å². The predicted octanol–water partition coefficient (Wildman–Crippen LogP) is 4.32. The summed E-state index contributed by atoms with van der Waals surface area (Å²) in [6.07, 6.45) is 0. The van der Waals surface area contributed by atoms with E-state index in [0.717, 1.165) is 9.87 Å². The first-order valence-corrected chi connectivity index (χ1v) is 11.9. The summed E-state index contributed by atoms with van der Waals surface area (Å²) in [5.41, 5.74) is 0.857. The largest absolute Gasteiger partial charge is 0.354 e. The van der Waals surface area contributed by atoms with Crippen molar-refractivity contribution < 1.29 is 13.2 Å². The minimum Gasteiger partial charge on any atom is -0.354 e. The van der Waals surface area contributed by atoms with Crippen molar-refractivity contribution in [3.8, 4) is 0 Å². The molecule has 0 heterocycles. The molecule has 0 saturated carbocycles. The number of benzene rings is 2. The number of sulfonamides is 1. The van der Waals surface area contributed by atoms with Gasteiger partial charge in [-0.25, -0.2) is 8.42 Å². The minimum absolute atomic E-state index is 0.0828. The lowest BCUT2D eigenvalue weighted by molar-refractivity contribution is -0.121. The third-order valence-corrected chi connectivity index (χ3v) is 7.53. The molecule has 0 aliphatic rings. The summed E-state index contributed by atoms with van der Waals surface area (Å²) in [6.45, 7) is 0.131. The van der Waals surface area contributed by atoms with Crippen LogP contribution in [-0.4, -0.2) is 44.5 Å². The van der Waals surface area contributed by atoms with Gasteiger partial charge in [-0.15, -0.1) is 0 Å². The van der Waals surface area contributed by atoms with E-state index >= 15 is 0 Å². The monoisotopic (exact) mass is 480 g/mol. The number of hydrogen-bond acceptors (Lipinski definition) is 4. The Bertz CT molecular complexity index is 902. The molecule has 0 saturated heterocycles. The maximum absolute atomic E-state index is 12.4. The van der Waals surface area contributed by atoms with Crippen LogP contribution in [0, 0.1) is 0 Å². The molecule has 0 unspecified atom stereocenters. The van der Waals surface area contributed by atoms with Gasteiger partial charge in [-0.1, -0.05) is 40.9 Å². The van der Waals surface area contributed by atoms with Crippen molar-refractivity contribution in [2.75, 3.05) is 25.9 Å². The molecule has 0 atom stereocenters. The molecule has 1 amide bonds. The molecule has 0 fully saturated rings. The maximum atomic E-state index is 12.4. The maximum Gasteiger partial charge on any atom is 0.243 e. The highest BCUT2D eigenvalue weighted by atomic mass is 35.5. The second-order valence-corrected chi connectivity index (χ2v) is 10.2. The zero-order chi connectivity index (χ0) is 20.7. The molecule has 0 aromatic heterocycles. The molecule has 0 radical (unpaired) electrons. The SMILES string of the molecule is CN(CC(=O)NCCSCc1c(Cl)cccc1Cl)S(=O)(=O)c1ccc(Cl)cc1. The van der Waals surface area contributed by atoms with Gasteiger partial charge in [-0.2, -0.15) is 16.1 Å². The van der Waals surface area contributed by atoms with Gasteiger partial charge in [-0.05, 0) is 42.0 Å². The van der Waals surface area contributed by atoms with E-state index in [-0.39, 0.29) is 17.3 Å². The van der Waals surface area contributed by atoms with Crippen LogP contribution < -0.4 is 5.32 Å².